The summed E-state index contributed by atoms with van der Waals surface area (Å²) in [4.78, 5) is 34.7. The van der Waals surface area contributed by atoms with Crippen molar-refractivity contribution < 1.29 is 14.7 Å². The van der Waals surface area contributed by atoms with Gasteiger partial charge in [-0.2, -0.15) is 0 Å². The number of amides is 2. The van der Waals surface area contributed by atoms with Crippen LogP contribution in [-0.4, -0.2) is 72.5 Å². The summed E-state index contributed by atoms with van der Waals surface area (Å²) in [5.74, 6) is 0.941. The highest BCUT2D eigenvalue weighted by Crippen LogP contribution is 2.28. The first-order valence-corrected chi connectivity index (χ1v) is 12.2. The van der Waals surface area contributed by atoms with Crippen LogP contribution >= 0.6 is 11.6 Å². The second kappa shape index (κ2) is 11.2. The molecule has 8 heteroatoms. The van der Waals surface area contributed by atoms with Crippen molar-refractivity contribution >= 4 is 29.2 Å². The normalized spacial score (nSPS) is 16.1. The van der Waals surface area contributed by atoms with Crippen molar-refractivity contribution in [2.75, 3.05) is 45.7 Å². The predicted molar refractivity (Wildman–Crippen MR) is 135 cm³/mol. The summed E-state index contributed by atoms with van der Waals surface area (Å²) >= 11 is 6.28. The topological polar surface area (TPSA) is 77.0 Å². The van der Waals surface area contributed by atoms with Crippen LogP contribution in [0, 0.1) is 5.92 Å². The molecule has 2 aromatic rings. The molecule has 1 saturated heterocycles. The molecule has 2 heterocycles. The van der Waals surface area contributed by atoms with Crippen molar-refractivity contribution in [2.24, 2.45) is 5.92 Å². The van der Waals surface area contributed by atoms with E-state index in [1.165, 1.54) is 4.90 Å². The van der Waals surface area contributed by atoms with Gasteiger partial charge < -0.3 is 19.8 Å². The van der Waals surface area contributed by atoms with Gasteiger partial charge in [-0.3, -0.25) is 9.59 Å². The zero-order valence-corrected chi connectivity index (χ0v) is 21.3. The van der Waals surface area contributed by atoms with Gasteiger partial charge in [0.25, 0.3) is 11.8 Å². The first-order valence-electron chi connectivity index (χ1n) is 11.8. The number of likely N-dealkylation sites (N-methyl/N-ethyl adjacent to an activating group) is 1. The fraction of sp³-hybridized carbons (Fsp3) is 0.500. The second-order valence-corrected chi connectivity index (χ2v) is 9.80. The van der Waals surface area contributed by atoms with Gasteiger partial charge in [-0.05, 0) is 56.2 Å². The lowest BCUT2D eigenvalue weighted by Crippen LogP contribution is -2.43. The Bertz CT molecular complexity index is 989. The molecule has 0 bridgehead atoms. The lowest BCUT2D eigenvalue weighted by atomic mass is 9.91. The summed E-state index contributed by atoms with van der Waals surface area (Å²) in [6, 6.07) is 12.7. The van der Waals surface area contributed by atoms with E-state index >= 15 is 0 Å². The van der Waals surface area contributed by atoms with Gasteiger partial charge in [-0.1, -0.05) is 41.9 Å². The number of aromatic nitrogens is 1. The van der Waals surface area contributed by atoms with Gasteiger partial charge in [0.15, 0.2) is 5.60 Å². The molecule has 7 nitrogen and oxygen atoms in total. The summed E-state index contributed by atoms with van der Waals surface area (Å²) in [5.41, 5.74) is -0.509. The maximum absolute atomic E-state index is 12.8. The molecule has 1 N–H and O–H groups in total. The van der Waals surface area contributed by atoms with Crippen molar-refractivity contribution in [3.63, 3.8) is 0 Å². The molecule has 1 aliphatic rings. The van der Waals surface area contributed by atoms with Crippen molar-refractivity contribution in [3.8, 4) is 0 Å². The van der Waals surface area contributed by atoms with Crippen molar-refractivity contribution in [1.29, 1.82) is 0 Å². The van der Waals surface area contributed by atoms with Crippen LogP contribution in [0.5, 0.6) is 0 Å². The number of hydrogen-bond donors (Lipinski definition) is 1. The average molecular weight is 487 g/mol. The lowest BCUT2D eigenvalue weighted by Gasteiger charge is -2.33. The number of anilines is 1. The monoisotopic (exact) mass is 486 g/mol. The molecule has 1 fully saturated rings. The quantitative estimate of drug-likeness (QED) is 0.574. The summed E-state index contributed by atoms with van der Waals surface area (Å²) < 4.78 is 0. The standard InChI is InChI=1S/C26H35ClN4O3/c1-26(34,20-10-6-5-7-11-20)25(33)30(4)16-8-9-19-14-17-31(18-15-19)22-13-12-21(23(27)28-22)24(32)29(2)3/h5-7,10-13,19,34H,8-9,14-18H2,1-4H3. The Hall–Kier alpha value is -2.64. The van der Waals surface area contributed by atoms with E-state index in [1.54, 1.807) is 51.2 Å². The van der Waals surface area contributed by atoms with Crippen LogP contribution in [0.25, 0.3) is 0 Å². The van der Waals surface area contributed by atoms with E-state index in [1.807, 2.05) is 24.3 Å². The summed E-state index contributed by atoms with van der Waals surface area (Å²) in [7, 11) is 5.13. The average Bonchev–Trinajstić information content (AvgIpc) is 2.83. The molecule has 1 atom stereocenters. The van der Waals surface area contributed by atoms with E-state index in [0.717, 1.165) is 44.6 Å². The summed E-state index contributed by atoms with van der Waals surface area (Å²) in [6.45, 7) is 3.93. The lowest BCUT2D eigenvalue weighted by molar-refractivity contribution is -0.149. The SMILES string of the molecule is CN(C)C(=O)c1ccc(N2CCC(CCCN(C)C(=O)C(C)(O)c3ccccc3)CC2)nc1Cl. The van der Waals surface area contributed by atoms with Crippen LogP contribution in [0.2, 0.25) is 5.15 Å². The minimum absolute atomic E-state index is 0.156. The number of benzene rings is 1. The Kier molecular flexibility index (Phi) is 8.55. The summed E-state index contributed by atoms with van der Waals surface area (Å²) in [6.07, 6.45) is 4.00. The Morgan fingerprint density at radius 1 is 1.12 bits per heavy atom. The van der Waals surface area contributed by atoms with E-state index in [2.05, 4.69) is 9.88 Å². The molecule has 0 aliphatic carbocycles. The van der Waals surface area contributed by atoms with Crippen LogP contribution in [0.1, 0.15) is 48.5 Å². The first kappa shape index (κ1) is 26.0. The third-order valence-electron chi connectivity index (χ3n) is 6.61. The zero-order chi connectivity index (χ0) is 24.9. The van der Waals surface area contributed by atoms with E-state index in [4.69, 9.17) is 11.6 Å². The number of halogens is 1. The molecule has 2 amide bonds. The Morgan fingerprint density at radius 3 is 2.35 bits per heavy atom. The molecule has 1 aromatic heterocycles. The van der Waals surface area contributed by atoms with Gasteiger partial charge >= 0.3 is 0 Å². The zero-order valence-electron chi connectivity index (χ0n) is 20.5. The summed E-state index contributed by atoms with van der Waals surface area (Å²) in [5, 5.41) is 11.0. The Balaban J connectivity index is 1.45. The van der Waals surface area contributed by atoms with Gasteiger partial charge in [-0.15, -0.1) is 0 Å². The van der Waals surface area contributed by atoms with Gasteiger partial charge in [0.2, 0.25) is 0 Å². The van der Waals surface area contributed by atoms with Gasteiger partial charge in [0.1, 0.15) is 11.0 Å². The number of carbonyl (C=O) groups excluding carboxylic acids is 2. The number of nitrogens with zero attached hydrogens (tertiary/aromatic N) is 4. The highest BCUT2D eigenvalue weighted by molar-refractivity contribution is 6.32. The molecule has 34 heavy (non-hydrogen) atoms. The minimum Gasteiger partial charge on any atom is -0.376 e. The number of hydrogen-bond acceptors (Lipinski definition) is 5. The third kappa shape index (κ3) is 6.07. The van der Waals surface area contributed by atoms with Gasteiger partial charge in [-0.25, -0.2) is 4.98 Å². The molecule has 0 spiro atoms. The van der Waals surface area contributed by atoms with Crippen molar-refractivity contribution in [3.05, 3.63) is 58.7 Å². The molecule has 184 valence electrons. The molecular weight excluding hydrogens is 452 g/mol. The van der Waals surface area contributed by atoms with Crippen LogP contribution in [0.4, 0.5) is 5.82 Å². The van der Waals surface area contributed by atoms with Crippen LogP contribution in [0.3, 0.4) is 0 Å². The maximum Gasteiger partial charge on any atom is 0.258 e. The van der Waals surface area contributed by atoms with Crippen LogP contribution < -0.4 is 4.90 Å². The van der Waals surface area contributed by atoms with Crippen LogP contribution in [-0.2, 0) is 10.4 Å². The number of pyridine rings is 1. The van der Waals surface area contributed by atoms with Crippen LogP contribution in [0.15, 0.2) is 42.5 Å². The Labute approximate surface area is 207 Å². The highest BCUT2D eigenvalue weighted by Gasteiger charge is 2.34. The molecule has 3 rings (SSSR count). The van der Waals surface area contributed by atoms with Gasteiger partial charge in [0.05, 0.1) is 5.56 Å². The van der Waals surface area contributed by atoms with E-state index in [-0.39, 0.29) is 17.0 Å². The fourth-order valence-electron chi connectivity index (χ4n) is 4.43. The first-order chi connectivity index (χ1) is 16.1. The molecule has 1 aliphatic heterocycles. The largest absolute Gasteiger partial charge is 0.376 e. The van der Waals surface area contributed by atoms with Gasteiger partial charge in [0, 0.05) is 40.8 Å². The molecule has 1 unspecified atom stereocenters. The predicted octanol–water partition coefficient (Wildman–Crippen LogP) is 3.80. The molecular formula is C26H35ClN4O3. The molecule has 1 aromatic carbocycles. The van der Waals surface area contributed by atoms with E-state index in [9.17, 15) is 14.7 Å². The van der Waals surface area contributed by atoms with Crippen molar-refractivity contribution in [2.45, 2.75) is 38.2 Å². The Morgan fingerprint density at radius 2 is 1.76 bits per heavy atom. The number of rotatable bonds is 8. The molecule has 0 saturated carbocycles. The number of aliphatic hydroxyl groups is 1. The minimum atomic E-state index is -1.53. The maximum atomic E-state index is 12.8. The fourth-order valence-corrected chi connectivity index (χ4v) is 4.66. The second-order valence-electron chi connectivity index (χ2n) is 9.44. The van der Waals surface area contributed by atoms with E-state index in [0.29, 0.717) is 23.6 Å². The van der Waals surface area contributed by atoms with E-state index < -0.39 is 5.60 Å². The van der Waals surface area contributed by atoms with Crippen molar-refractivity contribution in [1.82, 2.24) is 14.8 Å². The third-order valence-corrected chi connectivity index (χ3v) is 6.90. The molecule has 0 radical (unpaired) electrons. The number of piperidine rings is 1. The number of carbonyl (C=O) groups is 2. The highest BCUT2D eigenvalue weighted by atomic mass is 35.5. The smallest absolute Gasteiger partial charge is 0.258 e.